The van der Waals surface area contributed by atoms with Crippen LogP contribution in [0.1, 0.15) is 25.3 Å². The summed E-state index contributed by atoms with van der Waals surface area (Å²) in [5, 5.41) is 11.6. The highest BCUT2D eigenvalue weighted by molar-refractivity contribution is 5.86. The Balaban J connectivity index is 1.31. The van der Waals surface area contributed by atoms with Crippen molar-refractivity contribution >= 4 is 22.0 Å². The summed E-state index contributed by atoms with van der Waals surface area (Å²) in [6.07, 6.45) is 0.363. The first-order valence-corrected chi connectivity index (χ1v) is 12.2. The molecule has 1 aromatic carbocycles. The standard InChI is InChI=1S/C27H24F4N6O2/c1-16(33-23-15-32-35(2)26(39)24(23)27(29,30)31)6-5-9-36-11-8-17-12-20(21(28)14-19(17)25(36)38)22-13-18-7-3-4-10-37(18)34-22/h3-4,7-8,10-16,33H,5-6,9H2,1-2H3/t16-/m0/s1. The van der Waals surface area contributed by atoms with E-state index >= 15 is 4.39 Å². The number of fused-ring (bicyclic) bond motifs is 2. The molecule has 0 saturated carbocycles. The van der Waals surface area contributed by atoms with Gasteiger partial charge in [0.2, 0.25) is 0 Å². The Hall–Kier alpha value is -4.48. The zero-order valence-corrected chi connectivity index (χ0v) is 21.0. The Morgan fingerprint density at radius 3 is 2.59 bits per heavy atom. The average molecular weight is 541 g/mol. The smallest absolute Gasteiger partial charge is 0.381 e. The van der Waals surface area contributed by atoms with Crippen molar-refractivity contribution < 1.29 is 17.6 Å². The fraction of sp³-hybridized carbons (Fsp3) is 0.259. The third kappa shape index (κ3) is 5.14. The van der Waals surface area contributed by atoms with Gasteiger partial charge in [-0.05, 0) is 61.5 Å². The number of hydrogen-bond donors (Lipinski definition) is 1. The summed E-state index contributed by atoms with van der Waals surface area (Å²) in [6.45, 7) is 1.95. The molecule has 202 valence electrons. The largest absolute Gasteiger partial charge is 0.423 e. The maximum Gasteiger partial charge on any atom is 0.423 e. The van der Waals surface area contributed by atoms with Crippen LogP contribution in [0.5, 0.6) is 0 Å². The van der Waals surface area contributed by atoms with Crippen LogP contribution in [0.4, 0.5) is 23.2 Å². The second kappa shape index (κ2) is 10.0. The van der Waals surface area contributed by atoms with Gasteiger partial charge in [-0.15, -0.1) is 0 Å². The lowest BCUT2D eigenvalue weighted by atomic mass is 10.1. The molecule has 8 nitrogen and oxygen atoms in total. The molecule has 0 saturated heterocycles. The van der Waals surface area contributed by atoms with Crippen LogP contribution in [-0.4, -0.2) is 30.0 Å². The molecular weight excluding hydrogens is 516 g/mol. The summed E-state index contributed by atoms with van der Waals surface area (Å²) in [6, 6.07) is 11.4. The Morgan fingerprint density at radius 1 is 1.05 bits per heavy atom. The molecule has 0 fully saturated rings. The molecule has 0 aliphatic carbocycles. The topological polar surface area (TPSA) is 86.2 Å². The summed E-state index contributed by atoms with van der Waals surface area (Å²) in [5.74, 6) is -0.568. The second-order valence-electron chi connectivity index (χ2n) is 9.38. The number of anilines is 1. The summed E-state index contributed by atoms with van der Waals surface area (Å²) in [7, 11) is 1.15. The van der Waals surface area contributed by atoms with Crippen LogP contribution in [0.25, 0.3) is 27.5 Å². The number of rotatable bonds is 7. The molecule has 4 heterocycles. The number of nitrogens with one attached hydrogen (secondary N) is 1. The van der Waals surface area contributed by atoms with Crippen molar-refractivity contribution in [1.82, 2.24) is 24.0 Å². The van der Waals surface area contributed by atoms with Gasteiger partial charge in [-0.3, -0.25) is 9.59 Å². The van der Waals surface area contributed by atoms with Gasteiger partial charge in [-0.2, -0.15) is 23.4 Å². The molecule has 1 atom stereocenters. The van der Waals surface area contributed by atoms with Crippen LogP contribution in [0.15, 0.2) is 70.6 Å². The first-order valence-electron chi connectivity index (χ1n) is 12.2. The Morgan fingerprint density at radius 2 is 1.85 bits per heavy atom. The number of halogens is 4. The predicted octanol–water partition coefficient (Wildman–Crippen LogP) is 4.85. The van der Waals surface area contributed by atoms with Gasteiger partial charge in [-0.25, -0.2) is 13.6 Å². The van der Waals surface area contributed by atoms with E-state index < -0.39 is 34.8 Å². The highest BCUT2D eigenvalue weighted by atomic mass is 19.4. The molecule has 0 radical (unpaired) electrons. The molecule has 39 heavy (non-hydrogen) atoms. The lowest BCUT2D eigenvalue weighted by Gasteiger charge is -2.19. The first-order chi connectivity index (χ1) is 18.5. The minimum atomic E-state index is -4.83. The van der Waals surface area contributed by atoms with Crippen LogP contribution in [0, 0.1) is 5.82 Å². The van der Waals surface area contributed by atoms with Gasteiger partial charge in [0.25, 0.3) is 11.1 Å². The number of nitrogens with zero attached hydrogens (tertiary/aromatic N) is 5. The van der Waals surface area contributed by atoms with Gasteiger partial charge in [0.15, 0.2) is 0 Å². The zero-order chi connectivity index (χ0) is 27.9. The van der Waals surface area contributed by atoms with Gasteiger partial charge in [0.1, 0.15) is 11.4 Å². The summed E-state index contributed by atoms with van der Waals surface area (Å²) < 4.78 is 59.1. The fourth-order valence-electron chi connectivity index (χ4n) is 4.58. The van der Waals surface area contributed by atoms with E-state index in [0.717, 1.165) is 18.8 Å². The summed E-state index contributed by atoms with van der Waals surface area (Å²) >= 11 is 0. The third-order valence-electron chi connectivity index (χ3n) is 6.57. The Kier molecular flexibility index (Phi) is 6.71. The Bertz CT molecular complexity index is 1770. The number of alkyl halides is 3. The summed E-state index contributed by atoms with van der Waals surface area (Å²) in [5.41, 5.74) is -1.76. The lowest BCUT2D eigenvalue weighted by molar-refractivity contribution is -0.138. The van der Waals surface area contributed by atoms with E-state index in [9.17, 15) is 22.8 Å². The SMILES string of the molecule is C[C@@H](CCCn1ccc2cc(-c3cc4ccccn4n3)c(F)cc2c1=O)Nc1cnn(C)c(=O)c1C(F)(F)F. The van der Waals surface area contributed by atoms with Gasteiger partial charge in [-0.1, -0.05) is 6.07 Å². The molecule has 0 aliphatic rings. The molecule has 1 N–H and O–H groups in total. The molecule has 5 aromatic rings. The fourth-order valence-corrected chi connectivity index (χ4v) is 4.58. The number of aromatic nitrogens is 5. The third-order valence-corrected chi connectivity index (χ3v) is 6.57. The summed E-state index contributed by atoms with van der Waals surface area (Å²) in [4.78, 5) is 25.1. The van der Waals surface area contributed by atoms with Gasteiger partial charge >= 0.3 is 6.18 Å². The van der Waals surface area contributed by atoms with Crippen molar-refractivity contribution in [2.24, 2.45) is 7.05 Å². The molecule has 5 rings (SSSR count). The number of aryl methyl sites for hydroxylation is 2. The van der Waals surface area contributed by atoms with E-state index in [-0.39, 0.29) is 23.1 Å². The van der Waals surface area contributed by atoms with E-state index in [0.29, 0.717) is 28.6 Å². The van der Waals surface area contributed by atoms with Gasteiger partial charge in [0, 0.05) is 37.6 Å². The van der Waals surface area contributed by atoms with Crippen LogP contribution in [-0.2, 0) is 19.8 Å². The number of benzene rings is 1. The molecule has 0 amide bonds. The number of pyridine rings is 2. The molecule has 0 unspecified atom stereocenters. The number of hydrogen-bond acceptors (Lipinski definition) is 5. The van der Waals surface area contributed by atoms with Crippen molar-refractivity contribution in [1.29, 1.82) is 0 Å². The molecule has 0 aliphatic heterocycles. The predicted molar refractivity (Wildman–Crippen MR) is 139 cm³/mol. The monoisotopic (exact) mass is 540 g/mol. The maximum atomic E-state index is 15.1. The zero-order valence-electron chi connectivity index (χ0n) is 21.0. The minimum absolute atomic E-state index is 0.217. The molecule has 4 aromatic heterocycles. The van der Waals surface area contributed by atoms with Crippen LogP contribution < -0.4 is 16.4 Å². The quantitative estimate of drug-likeness (QED) is 0.299. The average Bonchev–Trinajstić information content (AvgIpc) is 3.31. The van der Waals surface area contributed by atoms with Gasteiger partial charge < -0.3 is 9.88 Å². The van der Waals surface area contributed by atoms with Gasteiger partial charge in [0.05, 0.1) is 28.5 Å². The second-order valence-corrected chi connectivity index (χ2v) is 9.38. The van der Waals surface area contributed by atoms with Crippen LogP contribution in [0.2, 0.25) is 0 Å². The van der Waals surface area contributed by atoms with Crippen molar-refractivity contribution in [3.8, 4) is 11.3 Å². The molecule has 0 spiro atoms. The molecule has 12 heteroatoms. The highest BCUT2D eigenvalue weighted by Gasteiger charge is 2.38. The van der Waals surface area contributed by atoms with E-state index in [1.807, 2.05) is 18.2 Å². The van der Waals surface area contributed by atoms with Crippen molar-refractivity contribution in [3.05, 3.63) is 93.1 Å². The van der Waals surface area contributed by atoms with E-state index in [4.69, 9.17) is 0 Å². The van der Waals surface area contributed by atoms with E-state index in [1.54, 1.807) is 42.0 Å². The molecule has 0 bridgehead atoms. The molecular formula is C27H24F4N6O2. The highest BCUT2D eigenvalue weighted by Crippen LogP contribution is 2.32. The van der Waals surface area contributed by atoms with Crippen molar-refractivity contribution in [3.63, 3.8) is 0 Å². The normalized spacial score (nSPS) is 12.8. The van der Waals surface area contributed by atoms with E-state index in [2.05, 4.69) is 15.5 Å². The van der Waals surface area contributed by atoms with Crippen molar-refractivity contribution in [2.45, 2.75) is 38.5 Å². The van der Waals surface area contributed by atoms with Crippen LogP contribution in [0.3, 0.4) is 0 Å². The maximum absolute atomic E-state index is 15.1. The van der Waals surface area contributed by atoms with Crippen LogP contribution >= 0.6 is 0 Å². The lowest BCUT2D eigenvalue weighted by Crippen LogP contribution is -2.31. The Labute approximate surface area is 219 Å². The first kappa shape index (κ1) is 26.1. The van der Waals surface area contributed by atoms with Crippen molar-refractivity contribution in [2.75, 3.05) is 5.32 Å². The minimum Gasteiger partial charge on any atom is -0.381 e. The van der Waals surface area contributed by atoms with E-state index in [1.165, 1.54) is 10.6 Å².